The van der Waals surface area contributed by atoms with Gasteiger partial charge < -0.3 is 25.4 Å². The van der Waals surface area contributed by atoms with Crippen molar-refractivity contribution < 1.29 is 14.6 Å². The normalized spacial score (nSPS) is 18.3. The highest BCUT2D eigenvalue weighted by Crippen LogP contribution is 2.31. The number of ether oxygens (including phenoxy) is 1. The van der Waals surface area contributed by atoms with Gasteiger partial charge in [-0.1, -0.05) is 0 Å². The third-order valence-corrected chi connectivity index (χ3v) is 6.01. The summed E-state index contributed by atoms with van der Waals surface area (Å²) in [6.07, 6.45) is 7.57. The van der Waals surface area contributed by atoms with Crippen molar-refractivity contribution >= 4 is 22.5 Å². The zero-order valence-electron chi connectivity index (χ0n) is 19.0. The van der Waals surface area contributed by atoms with Crippen molar-refractivity contribution in [3.63, 3.8) is 0 Å². The molecule has 33 heavy (non-hydrogen) atoms. The number of benzene rings is 1. The summed E-state index contributed by atoms with van der Waals surface area (Å²) in [4.78, 5) is 25.4. The SMILES string of the molecule is CN(CC1(O)CCCN(c2ccnc3ccncc23)C1)C(=O)c1ccc(OCCCN)cc1. The quantitative estimate of drug-likeness (QED) is 0.509. The van der Waals surface area contributed by atoms with Crippen LogP contribution in [-0.2, 0) is 0 Å². The number of rotatable bonds is 8. The van der Waals surface area contributed by atoms with Crippen LogP contribution in [0.2, 0.25) is 0 Å². The molecule has 3 heterocycles. The van der Waals surface area contributed by atoms with E-state index in [4.69, 9.17) is 10.5 Å². The summed E-state index contributed by atoms with van der Waals surface area (Å²) in [6.45, 7) is 2.65. The lowest BCUT2D eigenvalue weighted by Crippen LogP contribution is -2.54. The van der Waals surface area contributed by atoms with E-state index in [-0.39, 0.29) is 12.5 Å². The predicted octanol–water partition coefficient (Wildman–Crippen LogP) is 2.46. The fourth-order valence-corrected chi connectivity index (χ4v) is 4.40. The van der Waals surface area contributed by atoms with Crippen molar-refractivity contribution in [3.8, 4) is 5.75 Å². The highest BCUT2D eigenvalue weighted by Gasteiger charge is 2.36. The van der Waals surface area contributed by atoms with Crippen molar-refractivity contribution in [2.24, 2.45) is 5.73 Å². The standard InChI is InChI=1S/C25H31N5O3/c1-29(24(31)19-4-6-20(7-5-19)33-15-3-11-26)17-25(32)10-2-14-30(18-25)23-9-13-28-22-8-12-27-16-21(22)23/h4-9,12-13,16,32H,2-3,10-11,14-15,17-18,26H2,1H3. The number of β-amino-alcohol motifs (C(OH)–C–C–N with tert-alkyl or cyclic N) is 1. The molecule has 0 aliphatic carbocycles. The fourth-order valence-electron chi connectivity index (χ4n) is 4.40. The molecule has 1 aliphatic rings. The second-order valence-corrected chi connectivity index (χ2v) is 8.65. The molecule has 8 nitrogen and oxygen atoms in total. The van der Waals surface area contributed by atoms with E-state index < -0.39 is 5.60 Å². The Balaban J connectivity index is 1.42. The van der Waals surface area contributed by atoms with Crippen LogP contribution in [0.5, 0.6) is 5.75 Å². The monoisotopic (exact) mass is 449 g/mol. The van der Waals surface area contributed by atoms with E-state index in [1.165, 1.54) is 0 Å². The van der Waals surface area contributed by atoms with Crippen molar-refractivity contribution in [1.29, 1.82) is 0 Å². The fraction of sp³-hybridized carbons (Fsp3) is 0.400. The molecule has 1 aliphatic heterocycles. The van der Waals surface area contributed by atoms with Crippen LogP contribution in [0.4, 0.5) is 5.69 Å². The number of anilines is 1. The molecule has 8 heteroatoms. The molecular formula is C25H31N5O3. The minimum Gasteiger partial charge on any atom is -0.494 e. The molecule has 0 saturated carbocycles. The zero-order valence-corrected chi connectivity index (χ0v) is 19.0. The molecule has 2 aromatic heterocycles. The smallest absolute Gasteiger partial charge is 0.253 e. The van der Waals surface area contributed by atoms with Crippen LogP contribution in [0.15, 0.2) is 55.0 Å². The van der Waals surface area contributed by atoms with Crippen LogP contribution in [-0.4, -0.2) is 71.3 Å². The van der Waals surface area contributed by atoms with Gasteiger partial charge in [-0.3, -0.25) is 14.8 Å². The van der Waals surface area contributed by atoms with Crippen molar-refractivity contribution in [1.82, 2.24) is 14.9 Å². The van der Waals surface area contributed by atoms with Gasteiger partial charge in [0.2, 0.25) is 0 Å². The molecule has 1 unspecified atom stereocenters. The minimum absolute atomic E-state index is 0.132. The topological polar surface area (TPSA) is 105 Å². The molecular weight excluding hydrogens is 418 g/mol. The molecule has 1 fully saturated rings. The van der Waals surface area contributed by atoms with E-state index in [1.807, 2.05) is 18.3 Å². The number of piperidine rings is 1. The van der Waals surface area contributed by atoms with Crippen molar-refractivity contribution in [2.45, 2.75) is 24.9 Å². The van der Waals surface area contributed by atoms with Gasteiger partial charge in [-0.05, 0) is 62.2 Å². The van der Waals surface area contributed by atoms with E-state index in [1.54, 1.807) is 48.6 Å². The number of nitrogens with zero attached hydrogens (tertiary/aromatic N) is 4. The van der Waals surface area contributed by atoms with Crippen molar-refractivity contribution in [2.75, 3.05) is 44.7 Å². The van der Waals surface area contributed by atoms with Crippen LogP contribution in [0.25, 0.3) is 10.9 Å². The number of carbonyl (C=O) groups excluding carboxylic acids is 1. The Bertz CT molecular complexity index is 1090. The van der Waals surface area contributed by atoms with E-state index in [9.17, 15) is 9.90 Å². The van der Waals surface area contributed by atoms with E-state index in [0.717, 1.165) is 36.0 Å². The number of aromatic nitrogens is 2. The molecule has 0 bridgehead atoms. The third-order valence-electron chi connectivity index (χ3n) is 6.01. The first kappa shape index (κ1) is 22.9. The summed E-state index contributed by atoms with van der Waals surface area (Å²) in [6, 6.07) is 10.9. The summed E-state index contributed by atoms with van der Waals surface area (Å²) >= 11 is 0. The Hall–Kier alpha value is -3.23. The summed E-state index contributed by atoms with van der Waals surface area (Å²) in [7, 11) is 1.73. The van der Waals surface area contributed by atoms with Crippen LogP contribution < -0.4 is 15.4 Å². The van der Waals surface area contributed by atoms with E-state index in [0.29, 0.717) is 37.4 Å². The minimum atomic E-state index is -1.01. The number of hydrogen-bond donors (Lipinski definition) is 2. The number of hydrogen-bond acceptors (Lipinski definition) is 7. The number of pyridine rings is 2. The molecule has 3 aromatic rings. The Labute approximate surface area is 194 Å². The van der Waals surface area contributed by atoms with Gasteiger partial charge in [-0.2, -0.15) is 0 Å². The highest BCUT2D eigenvalue weighted by atomic mass is 16.5. The molecule has 4 rings (SSSR count). The molecule has 1 amide bonds. The maximum Gasteiger partial charge on any atom is 0.253 e. The van der Waals surface area contributed by atoms with Crippen LogP contribution in [0, 0.1) is 0 Å². The first-order valence-corrected chi connectivity index (χ1v) is 11.3. The lowest BCUT2D eigenvalue weighted by atomic mass is 9.91. The second-order valence-electron chi connectivity index (χ2n) is 8.65. The maximum absolute atomic E-state index is 13.0. The molecule has 0 spiro atoms. The number of fused-ring (bicyclic) bond motifs is 1. The highest BCUT2D eigenvalue weighted by molar-refractivity contribution is 5.94. The van der Waals surface area contributed by atoms with Gasteiger partial charge in [-0.25, -0.2) is 0 Å². The largest absolute Gasteiger partial charge is 0.494 e. The van der Waals surface area contributed by atoms with Gasteiger partial charge in [0.25, 0.3) is 5.91 Å². The van der Waals surface area contributed by atoms with Gasteiger partial charge in [0, 0.05) is 55.4 Å². The van der Waals surface area contributed by atoms with Gasteiger partial charge in [0.05, 0.1) is 24.3 Å². The van der Waals surface area contributed by atoms with Gasteiger partial charge in [0.1, 0.15) is 5.75 Å². The maximum atomic E-state index is 13.0. The van der Waals surface area contributed by atoms with Crippen LogP contribution in [0.1, 0.15) is 29.6 Å². The molecule has 1 aromatic carbocycles. The first-order valence-electron chi connectivity index (χ1n) is 11.3. The van der Waals surface area contributed by atoms with Crippen molar-refractivity contribution in [3.05, 3.63) is 60.6 Å². The first-order chi connectivity index (χ1) is 16.0. The summed E-state index contributed by atoms with van der Waals surface area (Å²) < 4.78 is 5.60. The number of aliphatic hydroxyl groups is 1. The zero-order chi connectivity index (χ0) is 23.3. The Morgan fingerprint density at radius 2 is 2.06 bits per heavy atom. The Kier molecular flexibility index (Phi) is 7.05. The number of amides is 1. The van der Waals surface area contributed by atoms with E-state index >= 15 is 0 Å². The number of likely N-dealkylation sites (N-methyl/N-ethyl adjacent to an activating group) is 1. The Morgan fingerprint density at radius 1 is 1.24 bits per heavy atom. The predicted molar refractivity (Wildman–Crippen MR) is 129 cm³/mol. The van der Waals surface area contributed by atoms with Gasteiger partial charge >= 0.3 is 0 Å². The third kappa shape index (κ3) is 5.40. The second kappa shape index (κ2) is 10.1. The molecule has 1 atom stereocenters. The summed E-state index contributed by atoms with van der Waals surface area (Å²) in [5.74, 6) is 0.580. The Morgan fingerprint density at radius 3 is 2.85 bits per heavy atom. The van der Waals surface area contributed by atoms with Crippen LogP contribution >= 0.6 is 0 Å². The molecule has 0 radical (unpaired) electrons. The van der Waals surface area contributed by atoms with Crippen LogP contribution in [0.3, 0.4) is 0 Å². The average Bonchev–Trinajstić information content (AvgIpc) is 2.83. The molecule has 174 valence electrons. The molecule has 1 saturated heterocycles. The van der Waals surface area contributed by atoms with Gasteiger partial charge in [-0.15, -0.1) is 0 Å². The summed E-state index contributed by atoms with van der Waals surface area (Å²) in [5, 5.41) is 12.4. The lowest BCUT2D eigenvalue weighted by molar-refractivity contribution is 0.0000659. The lowest BCUT2D eigenvalue weighted by Gasteiger charge is -2.42. The van der Waals surface area contributed by atoms with E-state index in [2.05, 4.69) is 14.9 Å². The number of carbonyl (C=O) groups is 1. The number of nitrogens with two attached hydrogens (primary N) is 1. The summed E-state index contributed by atoms with van der Waals surface area (Å²) in [5.41, 5.74) is 6.92. The average molecular weight is 450 g/mol. The molecule has 3 N–H and O–H groups in total. The van der Waals surface area contributed by atoms with Gasteiger partial charge in [0.15, 0.2) is 0 Å².